The van der Waals surface area contributed by atoms with E-state index in [0.29, 0.717) is 11.8 Å². The van der Waals surface area contributed by atoms with Crippen molar-refractivity contribution >= 4 is 11.3 Å². The molecular weight excluding hydrogens is 258 g/mol. The third-order valence-corrected chi connectivity index (χ3v) is 5.22. The first-order chi connectivity index (χ1) is 9.28. The number of aliphatic hydroxyl groups is 2. The summed E-state index contributed by atoms with van der Waals surface area (Å²) in [6, 6.07) is 2.02. The predicted octanol–water partition coefficient (Wildman–Crippen LogP) is 1.29. The zero-order chi connectivity index (χ0) is 13.2. The van der Waals surface area contributed by atoms with E-state index in [-0.39, 0.29) is 12.7 Å². The number of likely N-dealkylation sites (tertiary alicyclic amines) is 1. The Morgan fingerprint density at radius 1 is 1.37 bits per heavy atom. The summed E-state index contributed by atoms with van der Waals surface area (Å²) in [5, 5.41) is 20.8. The van der Waals surface area contributed by atoms with Crippen molar-refractivity contribution < 1.29 is 10.2 Å². The molecule has 1 saturated carbocycles. The molecule has 4 heteroatoms. The summed E-state index contributed by atoms with van der Waals surface area (Å²) in [7, 11) is 0. The molecule has 0 spiro atoms. The van der Waals surface area contributed by atoms with Gasteiger partial charge in [-0.2, -0.15) is 0 Å². The molecule has 0 aromatic carbocycles. The van der Waals surface area contributed by atoms with Crippen molar-refractivity contribution in [1.82, 2.24) is 4.90 Å². The van der Waals surface area contributed by atoms with Crippen molar-refractivity contribution in [1.29, 1.82) is 0 Å². The fourth-order valence-electron chi connectivity index (χ4n) is 3.37. The Balaban J connectivity index is 1.65. The van der Waals surface area contributed by atoms with Crippen LogP contribution in [-0.4, -0.2) is 40.9 Å². The minimum absolute atomic E-state index is 0.0880. The Hall–Kier alpha value is -0.860. The minimum Gasteiger partial charge on any atom is -0.393 e. The molecule has 2 N–H and O–H groups in total. The highest BCUT2D eigenvalue weighted by Crippen LogP contribution is 2.38. The van der Waals surface area contributed by atoms with E-state index in [2.05, 4.69) is 22.1 Å². The molecule has 2 fully saturated rings. The second-order valence-corrected chi connectivity index (χ2v) is 6.48. The highest BCUT2D eigenvalue weighted by Gasteiger charge is 2.41. The zero-order valence-corrected chi connectivity index (χ0v) is 11.7. The first-order valence-electron chi connectivity index (χ1n) is 6.84. The van der Waals surface area contributed by atoms with E-state index >= 15 is 0 Å². The van der Waals surface area contributed by atoms with Crippen LogP contribution in [0.2, 0.25) is 0 Å². The molecule has 3 unspecified atom stereocenters. The van der Waals surface area contributed by atoms with Crippen LogP contribution in [0, 0.1) is 23.7 Å². The summed E-state index contributed by atoms with van der Waals surface area (Å²) < 4.78 is 0. The highest BCUT2D eigenvalue weighted by atomic mass is 32.1. The lowest BCUT2D eigenvalue weighted by Gasteiger charge is -2.17. The van der Waals surface area contributed by atoms with E-state index in [4.69, 9.17) is 5.11 Å². The largest absolute Gasteiger partial charge is 0.393 e. The van der Waals surface area contributed by atoms with Crippen molar-refractivity contribution in [3.63, 3.8) is 0 Å². The van der Waals surface area contributed by atoms with E-state index < -0.39 is 0 Å². The molecule has 1 saturated heterocycles. The average molecular weight is 277 g/mol. The normalized spacial score (nSPS) is 30.1. The van der Waals surface area contributed by atoms with Gasteiger partial charge < -0.3 is 10.2 Å². The van der Waals surface area contributed by atoms with Gasteiger partial charge in [-0.15, -0.1) is 11.3 Å². The number of nitrogens with zero attached hydrogens (tertiary/aromatic N) is 1. The Morgan fingerprint density at radius 2 is 2.26 bits per heavy atom. The number of hydrogen-bond acceptors (Lipinski definition) is 4. The van der Waals surface area contributed by atoms with Crippen molar-refractivity contribution in [3.8, 4) is 11.8 Å². The first kappa shape index (κ1) is 13.1. The second kappa shape index (κ2) is 5.64. The molecule has 0 radical (unpaired) electrons. The van der Waals surface area contributed by atoms with Gasteiger partial charge in [0, 0.05) is 36.0 Å². The third kappa shape index (κ3) is 2.70. The van der Waals surface area contributed by atoms with Crippen LogP contribution < -0.4 is 0 Å². The lowest BCUT2D eigenvalue weighted by Crippen LogP contribution is -2.24. The summed E-state index contributed by atoms with van der Waals surface area (Å²) >= 11 is 1.73. The molecule has 3 nitrogen and oxygen atoms in total. The molecule has 1 aliphatic heterocycles. The minimum atomic E-state index is -0.0908. The Kier molecular flexibility index (Phi) is 3.90. The van der Waals surface area contributed by atoms with E-state index in [0.717, 1.165) is 31.6 Å². The summed E-state index contributed by atoms with van der Waals surface area (Å²) in [6.07, 6.45) is 2.06. The standard InChI is InChI=1S/C15H19NO2S/c17-6-1-2-11-5-7-19-15(11)10-16-8-12-3-4-14(18)13(12)9-16/h5,7,12-14,17-18H,3-4,6,8-10H2. The fourth-order valence-corrected chi connectivity index (χ4v) is 4.24. The molecule has 0 amide bonds. The molecule has 1 aliphatic carbocycles. The van der Waals surface area contributed by atoms with Gasteiger partial charge >= 0.3 is 0 Å². The monoisotopic (exact) mass is 277 g/mol. The maximum atomic E-state index is 9.94. The Bertz CT molecular complexity index is 502. The summed E-state index contributed by atoms with van der Waals surface area (Å²) in [5.74, 6) is 6.89. The van der Waals surface area contributed by atoms with Crippen LogP contribution in [0.1, 0.15) is 23.3 Å². The zero-order valence-electron chi connectivity index (χ0n) is 10.9. The molecule has 102 valence electrons. The maximum absolute atomic E-state index is 9.94. The second-order valence-electron chi connectivity index (χ2n) is 5.48. The van der Waals surface area contributed by atoms with Crippen molar-refractivity contribution in [3.05, 3.63) is 21.9 Å². The quantitative estimate of drug-likeness (QED) is 0.801. The Labute approximate surface area is 117 Å². The fraction of sp³-hybridized carbons (Fsp3) is 0.600. The maximum Gasteiger partial charge on any atom is 0.104 e. The van der Waals surface area contributed by atoms with E-state index in [1.807, 2.05) is 6.07 Å². The van der Waals surface area contributed by atoms with E-state index in [1.54, 1.807) is 11.3 Å². The molecule has 1 aromatic rings. The topological polar surface area (TPSA) is 43.7 Å². The molecule has 3 rings (SSSR count). The number of fused-ring (bicyclic) bond motifs is 1. The molecule has 2 heterocycles. The lowest BCUT2D eigenvalue weighted by atomic mass is 10.00. The SMILES string of the molecule is OCC#Cc1ccsc1CN1CC2CCC(O)C2C1. The number of rotatable bonds is 2. The first-order valence-corrected chi connectivity index (χ1v) is 7.72. The van der Waals surface area contributed by atoms with E-state index in [9.17, 15) is 5.11 Å². The van der Waals surface area contributed by atoms with E-state index in [1.165, 1.54) is 11.3 Å². The van der Waals surface area contributed by atoms with Gasteiger partial charge in [0.15, 0.2) is 0 Å². The third-order valence-electron chi connectivity index (χ3n) is 4.31. The van der Waals surface area contributed by atoms with Crippen LogP contribution in [0.5, 0.6) is 0 Å². The molecule has 0 bridgehead atoms. The van der Waals surface area contributed by atoms with Crippen LogP contribution in [0.3, 0.4) is 0 Å². The molecular formula is C15H19NO2S. The Morgan fingerprint density at radius 3 is 3.05 bits per heavy atom. The summed E-state index contributed by atoms with van der Waals surface area (Å²) in [4.78, 5) is 3.71. The molecule has 2 aliphatic rings. The van der Waals surface area contributed by atoms with Crippen molar-refractivity contribution in [2.75, 3.05) is 19.7 Å². The van der Waals surface area contributed by atoms with Crippen molar-refractivity contribution in [2.45, 2.75) is 25.5 Å². The van der Waals surface area contributed by atoms with Gasteiger partial charge in [0.25, 0.3) is 0 Å². The lowest BCUT2D eigenvalue weighted by molar-refractivity contribution is 0.123. The molecule has 19 heavy (non-hydrogen) atoms. The average Bonchev–Trinajstić information content (AvgIpc) is 3.07. The van der Waals surface area contributed by atoms with Gasteiger partial charge in [-0.05, 0) is 30.2 Å². The number of hydrogen-bond donors (Lipinski definition) is 2. The summed E-state index contributed by atoms with van der Waals surface area (Å²) in [6.45, 7) is 2.95. The van der Waals surface area contributed by atoms with Gasteiger partial charge in [0.05, 0.1) is 6.10 Å². The van der Waals surface area contributed by atoms with Gasteiger partial charge in [-0.25, -0.2) is 0 Å². The van der Waals surface area contributed by atoms with Crippen LogP contribution in [0.15, 0.2) is 11.4 Å². The van der Waals surface area contributed by atoms with Crippen LogP contribution in [-0.2, 0) is 6.54 Å². The highest BCUT2D eigenvalue weighted by molar-refractivity contribution is 7.10. The van der Waals surface area contributed by atoms with Crippen LogP contribution in [0.4, 0.5) is 0 Å². The van der Waals surface area contributed by atoms with Crippen LogP contribution >= 0.6 is 11.3 Å². The van der Waals surface area contributed by atoms with Crippen molar-refractivity contribution in [2.24, 2.45) is 11.8 Å². The smallest absolute Gasteiger partial charge is 0.104 e. The van der Waals surface area contributed by atoms with Crippen LogP contribution in [0.25, 0.3) is 0 Å². The van der Waals surface area contributed by atoms with Gasteiger partial charge in [0.2, 0.25) is 0 Å². The molecule has 3 atom stereocenters. The number of aliphatic hydroxyl groups excluding tert-OH is 2. The van der Waals surface area contributed by atoms with Gasteiger partial charge in [-0.3, -0.25) is 4.90 Å². The predicted molar refractivity (Wildman–Crippen MR) is 75.8 cm³/mol. The summed E-state index contributed by atoms with van der Waals surface area (Å²) in [5.41, 5.74) is 1.04. The molecule has 1 aromatic heterocycles. The van der Waals surface area contributed by atoms with Gasteiger partial charge in [0.1, 0.15) is 6.61 Å². The number of thiophene rings is 1. The van der Waals surface area contributed by atoms with Gasteiger partial charge in [-0.1, -0.05) is 11.8 Å².